The Morgan fingerprint density at radius 1 is 0.893 bits per heavy atom. The van der Waals surface area contributed by atoms with Crippen LogP contribution in [-0.2, 0) is 11.2 Å². The molecule has 142 valence electrons. The van der Waals surface area contributed by atoms with Gasteiger partial charge in [-0.1, -0.05) is 49.4 Å². The Balaban J connectivity index is 1.30. The van der Waals surface area contributed by atoms with Crippen molar-refractivity contribution in [1.82, 2.24) is 5.32 Å². The van der Waals surface area contributed by atoms with Crippen LogP contribution < -0.4 is 14.8 Å². The van der Waals surface area contributed by atoms with Gasteiger partial charge in [-0.3, -0.25) is 4.79 Å². The topological polar surface area (TPSA) is 47.6 Å². The minimum Gasteiger partial charge on any atom is -0.484 e. The Morgan fingerprint density at radius 2 is 1.54 bits per heavy atom. The fourth-order valence-electron chi connectivity index (χ4n) is 3.61. The van der Waals surface area contributed by atoms with Crippen molar-refractivity contribution in [3.8, 4) is 17.2 Å². The van der Waals surface area contributed by atoms with Crippen molar-refractivity contribution in [2.75, 3.05) is 6.61 Å². The molecule has 2 atom stereocenters. The van der Waals surface area contributed by atoms with Crippen LogP contribution in [0.3, 0.4) is 0 Å². The highest BCUT2D eigenvalue weighted by Crippen LogP contribution is 2.35. The van der Waals surface area contributed by atoms with Gasteiger partial charge in [-0.15, -0.1) is 0 Å². The largest absolute Gasteiger partial charge is 0.484 e. The maximum atomic E-state index is 12.4. The number of fused-ring (bicyclic) bond motifs is 1. The van der Waals surface area contributed by atoms with Gasteiger partial charge in [-0.25, -0.2) is 0 Å². The number of carbonyl (C=O) groups is 1. The molecule has 4 rings (SSSR count). The van der Waals surface area contributed by atoms with Gasteiger partial charge in [-0.05, 0) is 59.9 Å². The zero-order valence-electron chi connectivity index (χ0n) is 15.8. The van der Waals surface area contributed by atoms with Crippen LogP contribution >= 0.6 is 0 Å². The summed E-state index contributed by atoms with van der Waals surface area (Å²) < 4.78 is 11.4. The summed E-state index contributed by atoms with van der Waals surface area (Å²) in [5.41, 5.74) is 2.53. The summed E-state index contributed by atoms with van der Waals surface area (Å²) in [6.45, 7) is 2.15. The number of carbonyl (C=O) groups excluding carboxylic acids is 1. The van der Waals surface area contributed by atoms with Crippen molar-refractivity contribution >= 4 is 5.91 Å². The molecule has 0 heterocycles. The lowest BCUT2D eigenvalue weighted by molar-refractivity contribution is -0.124. The van der Waals surface area contributed by atoms with E-state index in [1.165, 1.54) is 11.1 Å². The number of nitrogens with one attached hydrogen (secondary N) is 1. The Bertz CT molecular complexity index is 938. The van der Waals surface area contributed by atoms with Crippen LogP contribution in [0.15, 0.2) is 78.9 Å². The monoisotopic (exact) mass is 373 g/mol. The van der Waals surface area contributed by atoms with Gasteiger partial charge in [0, 0.05) is 0 Å². The molecule has 4 nitrogen and oxygen atoms in total. The van der Waals surface area contributed by atoms with Gasteiger partial charge in [-0.2, -0.15) is 0 Å². The number of hydrogen-bond donors (Lipinski definition) is 1. The zero-order valence-corrected chi connectivity index (χ0v) is 15.8. The molecule has 1 aliphatic carbocycles. The number of rotatable bonds is 6. The van der Waals surface area contributed by atoms with Crippen molar-refractivity contribution in [2.24, 2.45) is 5.92 Å². The molecule has 0 saturated heterocycles. The molecule has 0 spiro atoms. The van der Waals surface area contributed by atoms with Crippen LogP contribution in [-0.4, -0.2) is 12.5 Å². The summed E-state index contributed by atoms with van der Waals surface area (Å²) in [4.78, 5) is 12.4. The van der Waals surface area contributed by atoms with E-state index in [4.69, 9.17) is 9.47 Å². The lowest BCUT2D eigenvalue weighted by Gasteiger charge is -2.19. The molecular formula is C24H23NO3. The van der Waals surface area contributed by atoms with Crippen LogP contribution in [0.2, 0.25) is 0 Å². The summed E-state index contributed by atoms with van der Waals surface area (Å²) in [6.07, 6.45) is 0.991. The summed E-state index contributed by atoms with van der Waals surface area (Å²) in [6, 6.07) is 25.2. The van der Waals surface area contributed by atoms with Gasteiger partial charge in [0.15, 0.2) is 6.61 Å². The molecule has 0 aromatic heterocycles. The van der Waals surface area contributed by atoms with Crippen molar-refractivity contribution < 1.29 is 14.3 Å². The number of amides is 1. The predicted octanol–water partition coefficient (Wildman–Crippen LogP) is 4.91. The lowest BCUT2D eigenvalue weighted by atomic mass is 10.0. The average molecular weight is 373 g/mol. The van der Waals surface area contributed by atoms with E-state index in [2.05, 4.69) is 24.4 Å². The number of ether oxygens (including phenoxy) is 2. The number of hydrogen-bond acceptors (Lipinski definition) is 3. The Hall–Kier alpha value is -3.27. The highest BCUT2D eigenvalue weighted by atomic mass is 16.5. The maximum absolute atomic E-state index is 12.4. The molecule has 0 radical (unpaired) electrons. The first kappa shape index (κ1) is 18.1. The molecular weight excluding hydrogens is 350 g/mol. The SMILES string of the molecule is C[C@H]1Cc2ccccc2[C@H]1NC(=O)COc1ccc(Oc2ccccc2)cc1. The van der Waals surface area contributed by atoms with Gasteiger partial charge >= 0.3 is 0 Å². The third kappa shape index (κ3) is 4.17. The number of benzene rings is 3. The van der Waals surface area contributed by atoms with Gasteiger partial charge in [0.25, 0.3) is 5.91 Å². The van der Waals surface area contributed by atoms with E-state index in [9.17, 15) is 4.79 Å². The fraction of sp³-hybridized carbons (Fsp3) is 0.208. The Kier molecular flexibility index (Phi) is 5.29. The molecule has 1 aliphatic rings. The van der Waals surface area contributed by atoms with Crippen LogP contribution in [0.4, 0.5) is 0 Å². The Labute approximate surface area is 165 Å². The van der Waals surface area contributed by atoms with Crippen molar-refractivity contribution in [3.05, 3.63) is 90.0 Å². The van der Waals surface area contributed by atoms with E-state index >= 15 is 0 Å². The van der Waals surface area contributed by atoms with Gasteiger partial charge in [0.05, 0.1) is 6.04 Å². The molecule has 0 aliphatic heterocycles. The van der Waals surface area contributed by atoms with Crippen molar-refractivity contribution in [3.63, 3.8) is 0 Å². The number of para-hydroxylation sites is 1. The molecule has 0 unspecified atom stereocenters. The van der Waals surface area contributed by atoms with Crippen LogP contribution in [0.25, 0.3) is 0 Å². The molecule has 1 amide bonds. The first-order chi connectivity index (χ1) is 13.7. The minimum absolute atomic E-state index is 0.00965. The first-order valence-corrected chi connectivity index (χ1v) is 9.52. The molecule has 1 N–H and O–H groups in total. The quantitative estimate of drug-likeness (QED) is 0.668. The lowest BCUT2D eigenvalue weighted by Crippen LogP contribution is -2.34. The van der Waals surface area contributed by atoms with Gasteiger partial charge in [0.2, 0.25) is 0 Å². The second-order valence-electron chi connectivity index (χ2n) is 7.10. The van der Waals surface area contributed by atoms with Crippen LogP contribution in [0.5, 0.6) is 17.2 Å². The highest BCUT2D eigenvalue weighted by molar-refractivity contribution is 5.78. The molecule has 0 fully saturated rings. The Morgan fingerprint density at radius 3 is 2.32 bits per heavy atom. The normalized spacial score (nSPS) is 17.6. The standard InChI is InChI=1S/C24H23NO3/c1-17-15-18-7-5-6-10-22(18)24(17)25-23(26)16-27-19-11-13-21(14-12-19)28-20-8-3-2-4-9-20/h2-14,17,24H,15-16H2,1H3,(H,25,26)/t17-,24-/m0/s1. The maximum Gasteiger partial charge on any atom is 0.258 e. The molecule has 28 heavy (non-hydrogen) atoms. The smallest absolute Gasteiger partial charge is 0.258 e. The third-order valence-corrected chi connectivity index (χ3v) is 4.99. The second-order valence-corrected chi connectivity index (χ2v) is 7.10. The summed E-state index contributed by atoms with van der Waals surface area (Å²) in [5, 5.41) is 3.11. The summed E-state index contributed by atoms with van der Waals surface area (Å²) in [5.74, 6) is 2.41. The van der Waals surface area contributed by atoms with E-state index in [0.29, 0.717) is 11.7 Å². The second kappa shape index (κ2) is 8.17. The van der Waals surface area contributed by atoms with Crippen molar-refractivity contribution in [2.45, 2.75) is 19.4 Å². The minimum atomic E-state index is -0.113. The van der Waals surface area contributed by atoms with Crippen LogP contribution in [0.1, 0.15) is 24.1 Å². The van der Waals surface area contributed by atoms with E-state index in [1.54, 1.807) is 12.1 Å². The molecule has 3 aromatic carbocycles. The van der Waals surface area contributed by atoms with Gasteiger partial charge in [0.1, 0.15) is 17.2 Å². The molecule has 3 aromatic rings. The summed E-state index contributed by atoms with van der Waals surface area (Å²) in [7, 11) is 0. The molecule has 4 heteroatoms. The fourth-order valence-corrected chi connectivity index (χ4v) is 3.61. The zero-order chi connectivity index (χ0) is 19.3. The van der Waals surface area contributed by atoms with E-state index in [0.717, 1.165) is 17.9 Å². The van der Waals surface area contributed by atoms with E-state index in [1.807, 2.05) is 54.6 Å². The van der Waals surface area contributed by atoms with E-state index in [-0.39, 0.29) is 18.6 Å². The van der Waals surface area contributed by atoms with Gasteiger partial charge < -0.3 is 14.8 Å². The molecule has 0 saturated carbocycles. The highest BCUT2D eigenvalue weighted by Gasteiger charge is 2.30. The van der Waals surface area contributed by atoms with Crippen LogP contribution in [0, 0.1) is 5.92 Å². The first-order valence-electron chi connectivity index (χ1n) is 9.52. The predicted molar refractivity (Wildman–Crippen MR) is 109 cm³/mol. The molecule has 0 bridgehead atoms. The van der Waals surface area contributed by atoms with E-state index < -0.39 is 0 Å². The van der Waals surface area contributed by atoms with Crippen molar-refractivity contribution in [1.29, 1.82) is 0 Å². The summed E-state index contributed by atoms with van der Waals surface area (Å²) >= 11 is 0. The average Bonchev–Trinajstić information content (AvgIpc) is 3.03. The third-order valence-electron chi connectivity index (χ3n) is 4.99.